The second-order valence-electron chi connectivity index (χ2n) is 16.2. The van der Waals surface area contributed by atoms with Gasteiger partial charge in [0.1, 0.15) is 23.1 Å². The highest BCUT2D eigenvalue weighted by Gasteiger charge is 2.39. The van der Waals surface area contributed by atoms with Gasteiger partial charge in [-0.15, -0.1) is 0 Å². The third kappa shape index (κ3) is 13.5. The molecule has 1 aromatic heterocycles. The Balaban J connectivity index is 0.000000255. The molecule has 0 spiro atoms. The molecule has 68 heavy (non-hydrogen) atoms. The Morgan fingerprint density at radius 2 is 1.01 bits per heavy atom. The van der Waals surface area contributed by atoms with Crippen molar-refractivity contribution in [2.24, 2.45) is 0 Å². The Kier molecular flexibility index (Phi) is 16.1. The summed E-state index contributed by atoms with van der Waals surface area (Å²) < 4.78 is 174. The van der Waals surface area contributed by atoms with Crippen molar-refractivity contribution in [1.29, 1.82) is 0 Å². The fraction of sp³-hybridized carbons (Fsp3) is 0.419. The predicted octanol–water partition coefficient (Wildman–Crippen LogP) is 6.18. The standard InChI is InChI=1S/C22H27FN2O6S2.C21H21F6N3O4S/c1-15(2)31-21-8-6-16(32(3,27)28)13-18(21)22(26)25-11-9-24(10-12-25)20-7-5-17(14-19(20)23)33(4,29)30;1-13(20(22,23)24)34-17-5-4-15(35(2,32)33)11-16(17)19(31)30-9-7-29(8-10-30)18-6-3-14(12-28-18)21(25,26)27/h5-8,13-15H,9-12H2,1-4H3;3-6,11-13H,7-10H2,1-2H3. The van der Waals surface area contributed by atoms with Gasteiger partial charge in [0, 0.05) is 77.3 Å². The number of sulfone groups is 3. The van der Waals surface area contributed by atoms with Crippen molar-refractivity contribution in [3.63, 3.8) is 0 Å². The van der Waals surface area contributed by atoms with Gasteiger partial charge in [-0.1, -0.05) is 0 Å². The van der Waals surface area contributed by atoms with Crippen molar-refractivity contribution < 1.29 is 75.0 Å². The second-order valence-corrected chi connectivity index (χ2v) is 22.2. The third-order valence-corrected chi connectivity index (χ3v) is 13.9. The number of carbonyl (C=O) groups excluding carboxylic acids is 2. The van der Waals surface area contributed by atoms with Gasteiger partial charge in [-0.05, 0) is 87.5 Å². The molecule has 0 saturated carbocycles. The van der Waals surface area contributed by atoms with E-state index in [9.17, 15) is 65.6 Å². The summed E-state index contributed by atoms with van der Waals surface area (Å²) in [5, 5.41) is 0. The first-order chi connectivity index (χ1) is 31.3. The number of piperazine rings is 2. The number of nitrogens with zero attached hydrogens (tertiary/aromatic N) is 5. The molecule has 3 heterocycles. The van der Waals surface area contributed by atoms with Gasteiger partial charge >= 0.3 is 12.4 Å². The fourth-order valence-electron chi connectivity index (χ4n) is 6.88. The van der Waals surface area contributed by atoms with E-state index in [2.05, 4.69) is 4.98 Å². The lowest BCUT2D eigenvalue weighted by molar-refractivity contribution is -0.189. The first kappa shape index (κ1) is 53.3. The average Bonchev–Trinajstić information content (AvgIpc) is 3.24. The molecule has 1 unspecified atom stereocenters. The number of hydrogen-bond acceptors (Lipinski definition) is 13. The highest BCUT2D eigenvalue weighted by atomic mass is 32.2. The van der Waals surface area contributed by atoms with Gasteiger partial charge in [-0.2, -0.15) is 26.3 Å². The van der Waals surface area contributed by atoms with Crippen LogP contribution in [-0.4, -0.2) is 141 Å². The summed E-state index contributed by atoms with van der Waals surface area (Å²) >= 11 is 0. The lowest BCUT2D eigenvalue weighted by Gasteiger charge is -2.36. The van der Waals surface area contributed by atoms with Gasteiger partial charge in [0.15, 0.2) is 35.6 Å². The monoisotopic (exact) mass is 1020 g/mol. The molecule has 3 aromatic carbocycles. The van der Waals surface area contributed by atoms with E-state index < -0.39 is 71.0 Å². The van der Waals surface area contributed by atoms with Crippen LogP contribution in [-0.2, 0) is 35.7 Å². The molecule has 25 heteroatoms. The minimum absolute atomic E-state index is 0.0219. The summed E-state index contributed by atoms with van der Waals surface area (Å²) in [6.07, 6.45) is -8.02. The molecule has 2 aliphatic rings. The Hall–Kier alpha value is -5.69. The van der Waals surface area contributed by atoms with Crippen molar-refractivity contribution >= 4 is 52.8 Å². The largest absolute Gasteiger partial charge is 0.490 e. The van der Waals surface area contributed by atoms with Crippen LogP contribution in [0.3, 0.4) is 0 Å². The lowest BCUT2D eigenvalue weighted by atomic mass is 10.1. The summed E-state index contributed by atoms with van der Waals surface area (Å²) in [7, 11) is -10.8. The summed E-state index contributed by atoms with van der Waals surface area (Å²) in [5.41, 5.74) is -0.826. The van der Waals surface area contributed by atoms with Crippen LogP contribution >= 0.6 is 0 Å². The molecule has 2 amide bonds. The van der Waals surface area contributed by atoms with E-state index >= 15 is 0 Å². The first-order valence-electron chi connectivity index (χ1n) is 20.5. The molecule has 372 valence electrons. The van der Waals surface area contributed by atoms with E-state index in [4.69, 9.17) is 9.47 Å². The second kappa shape index (κ2) is 20.5. The number of pyridine rings is 1. The number of alkyl halides is 6. The fourth-order valence-corrected chi connectivity index (χ4v) is 8.80. The summed E-state index contributed by atoms with van der Waals surface area (Å²) in [6, 6.07) is 13.1. The van der Waals surface area contributed by atoms with Crippen molar-refractivity contribution in [3.8, 4) is 11.5 Å². The molecule has 0 N–H and O–H groups in total. The van der Waals surface area contributed by atoms with Crippen LogP contribution in [0.2, 0.25) is 0 Å². The zero-order valence-corrected chi connectivity index (χ0v) is 39.9. The minimum Gasteiger partial charge on any atom is -0.490 e. The number of ether oxygens (including phenoxy) is 2. The zero-order chi connectivity index (χ0) is 50.7. The van der Waals surface area contributed by atoms with E-state index in [0.717, 1.165) is 56.0 Å². The maximum absolute atomic E-state index is 14.6. The number of hydrogen-bond donors (Lipinski definition) is 0. The molecule has 2 fully saturated rings. The van der Waals surface area contributed by atoms with Gasteiger partial charge in [0.2, 0.25) is 0 Å². The molecule has 2 saturated heterocycles. The predicted molar refractivity (Wildman–Crippen MR) is 236 cm³/mol. The molecular weight excluding hydrogens is 976 g/mol. The van der Waals surface area contributed by atoms with Gasteiger partial charge < -0.3 is 29.1 Å². The highest BCUT2D eigenvalue weighted by Crippen LogP contribution is 2.33. The molecule has 6 rings (SSSR count). The van der Waals surface area contributed by atoms with E-state index in [1.165, 1.54) is 41.3 Å². The molecule has 4 aromatic rings. The number of carbonyl (C=O) groups is 2. The topological polar surface area (TPSA) is 181 Å². The minimum atomic E-state index is -4.71. The van der Waals surface area contributed by atoms with Crippen molar-refractivity contribution in [2.45, 2.75) is 60.0 Å². The average molecular weight is 1020 g/mol. The molecule has 0 bridgehead atoms. The highest BCUT2D eigenvalue weighted by molar-refractivity contribution is 7.91. The number of amides is 2. The molecule has 15 nitrogen and oxygen atoms in total. The number of halogens is 7. The van der Waals surface area contributed by atoms with Gasteiger partial charge in [0.25, 0.3) is 11.8 Å². The van der Waals surface area contributed by atoms with Crippen LogP contribution < -0.4 is 19.3 Å². The number of benzene rings is 3. The maximum atomic E-state index is 14.6. The summed E-state index contributed by atoms with van der Waals surface area (Å²) in [4.78, 5) is 36.1. The third-order valence-electron chi connectivity index (χ3n) is 10.6. The van der Waals surface area contributed by atoms with Crippen molar-refractivity contribution in [1.82, 2.24) is 14.8 Å². The van der Waals surface area contributed by atoms with E-state index in [0.29, 0.717) is 25.0 Å². The number of aromatic nitrogens is 1. The first-order valence-corrected chi connectivity index (χ1v) is 26.2. The van der Waals surface area contributed by atoms with Crippen LogP contribution in [0.1, 0.15) is 47.1 Å². The van der Waals surface area contributed by atoms with Gasteiger partial charge in [0.05, 0.1) is 43.2 Å². The van der Waals surface area contributed by atoms with Gasteiger partial charge in [-0.25, -0.2) is 34.6 Å². The normalized spacial score (nSPS) is 15.7. The molecule has 0 aliphatic carbocycles. The van der Waals surface area contributed by atoms with Crippen LogP contribution in [0.15, 0.2) is 87.6 Å². The SMILES string of the molecule is CC(C)Oc1ccc(S(C)(=O)=O)cc1C(=O)N1CCN(c2ccc(S(C)(=O)=O)cc2F)CC1.CC(Oc1ccc(S(C)(=O)=O)cc1C(=O)N1CCN(c2ccc(C(F)(F)F)cn2)CC1)C(F)(F)F. The summed E-state index contributed by atoms with van der Waals surface area (Å²) in [6.45, 7) is 6.08. The molecule has 1 atom stereocenters. The Morgan fingerprint density at radius 3 is 1.40 bits per heavy atom. The lowest BCUT2D eigenvalue weighted by Crippen LogP contribution is -2.49. The smallest absolute Gasteiger partial charge is 0.425 e. The Labute approximate surface area is 389 Å². The Bertz CT molecular complexity index is 2830. The molecule has 2 aliphatic heterocycles. The van der Waals surface area contributed by atoms with Crippen LogP contribution in [0.25, 0.3) is 0 Å². The summed E-state index contributed by atoms with van der Waals surface area (Å²) in [5.74, 6) is -1.60. The van der Waals surface area contributed by atoms with E-state index in [1.807, 2.05) is 0 Å². The molecule has 0 radical (unpaired) electrons. The zero-order valence-electron chi connectivity index (χ0n) is 37.4. The maximum Gasteiger partial charge on any atom is 0.425 e. The van der Waals surface area contributed by atoms with Crippen LogP contribution in [0.5, 0.6) is 11.5 Å². The van der Waals surface area contributed by atoms with Crippen LogP contribution in [0, 0.1) is 5.82 Å². The van der Waals surface area contributed by atoms with Crippen LogP contribution in [0.4, 0.5) is 42.2 Å². The van der Waals surface area contributed by atoms with Crippen molar-refractivity contribution in [2.75, 3.05) is 80.9 Å². The Morgan fingerprint density at radius 1 is 0.588 bits per heavy atom. The van der Waals surface area contributed by atoms with E-state index in [-0.39, 0.29) is 88.6 Å². The van der Waals surface area contributed by atoms with E-state index in [1.54, 1.807) is 28.5 Å². The number of anilines is 2. The number of rotatable bonds is 11. The quantitative estimate of drug-likeness (QED) is 0.156. The molecular formula is C43H48F7N5O10S3. The van der Waals surface area contributed by atoms with Crippen molar-refractivity contribution in [3.05, 3.63) is 95.4 Å². The van der Waals surface area contributed by atoms with Gasteiger partial charge in [-0.3, -0.25) is 9.59 Å².